The predicted octanol–water partition coefficient (Wildman–Crippen LogP) is 4.84. The van der Waals surface area contributed by atoms with Crippen LogP contribution < -0.4 is 4.90 Å². The van der Waals surface area contributed by atoms with E-state index in [1.165, 1.54) is 4.90 Å². The number of aryl methyl sites for hydroxylation is 1. The van der Waals surface area contributed by atoms with Gasteiger partial charge in [-0.25, -0.2) is 9.97 Å². The molecule has 0 aliphatic rings. The summed E-state index contributed by atoms with van der Waals surface area (Å²) in [5, 5.41) is 0.986. The van der Waals surface area contributed by atoms with Gasteiger partial charge >= 0.3 is 0 Å². The van der Waals surface area contributed by atoms with Gasteiger partial charge in [-0.2, -0.15) is 0 Å². The highest BCUT2D eigenvalue weighted by molar-refractivity contribution is 9.10. The molecular weight excluding hydrogens is 472 g/mol. The first kappa shape index (κ1) is 21.7. The topological polar surface area (TPSA) is 79.5 Å². The van der Waals surface area contributed by atoms with Crippen LogP contribution in [-0.2, 0) is 6.54 Å². The molecule has 2 aromatic heterocycles. The molecule has 0 saturated heterocycles. The van der Waals surface area contributed by atoms with Crippen molar-refractivity contribution in [1.82, 2.24) is 14.9 Å². The van der Waals surface area contributed by atoms with Crippen LogP contribution in [0.2, 0.25) is 0 Å². The summed E-state index contributed by atoms with van der Waals surface area (Å²) in [6.07, 6.45) is 0. The van der Waals surface area contributed by atoms with Crippen LogP contribution in [0.5, 0.6) is 0 Å². The molecule has 0 N–H and O–H groups in total. The molecule has 0 bridgehead atoms. The van der Waals surface area contributed by atoms with Crippen LogP contribution in [0.25, 0.3) is 10.9 Å². The van der Waals surface area contributed by atoms with Crippen LogP contribution in [0.1, 0.15) is 32.4 Å². The Kier molecular flexibility index (Phi) is 6.05. The zero-order valence-corrected chi connectivity index (χ0v) is 19.5. The molecule has 0 spiro atoms. The Bertz CT molecular complexity index is 1320. The number of carbonyl (C=O) groups is 2. The van der Waals surface area contributed by atoms with E-state index in [9.17, 15) is 9.59 Å². The van der Waals surface area contributed by atoms with Gasteiger partial charge in [-0.1, -0.05) is 30.3 Å². The van der Waals surface area contributed by atoms with Crippen molar-refractivity contribution in [3.05, 3.63) is 88.2 Å². The van der Waals surface area contributed by atoms with Crippen LogP contribution in [0, 0.1) is 6.92 Å². The monoisotopic (exact) mass is 492 g/mol. The summed E-state index contributed by atoms with van der Waals surface area (Å²) < 4.78 is 5.84. The first-order chi connectivity index (χ1) is 15.3. The third kappa shape index (κ3) is 4.27. The fourth-order valence-corrected chi connectivity index (χ4v) is 3.81. The number of carbonyl (C=O) groups excluding carboxylic acids is 2. The lowest BCUT2D eigenvalue weighted by Gasteiger charge is -2.22. The van der Waals surface area contributed by atoms with Crippen molar-refractivity contribution in [2.75, 3.05) is 19.0 Å². The fourth-order valence-electron chi connectivity index (χ4n) is 3.51. The summed E-state index contributed by atoms with van der Waals surface area (Å²) in [4.78, 5) is 38.2. The number of benzene rings is 2. The van der Waals surface area contributed by atoms with Crippen molar-refractivity contribution in [3.63, 3.8) is 0 Å². The molecule has 32 heavy (non-hydrogen) atoms. The van der Waals surface area contributed by atoms with Gasteiger partial charge in [0.1, 0.15) is 5.82 Å². The standard InChI is InChI=1S/C24H21BrN4O3/c1-15-16-8-4-6-10-18(16)27-22(26-15)14-28(2)23(30)17-9-5-7-11-19(17)29(3)24(31)20-12-13-21(25)32-20/h4-13H,14H2,1-3H3. The van der Waals surface area contributed by atoms with Gasteiger partial charge < -0.3 is 14.2 Å². The highest BCUT2D eigenvalue weighted by atomic mass is 79.9. The normalized spacial score (nSPS) is 10.9. The van der Waals surface area contributed by atoms with Gasteiger partial charge in [0.2, 0.25) is 0 Å². The third-order valence-corrected chi connectivity index (χ3v) is 5.58. The Morgan fingerprint density at radius 3 is 2.41 bits per heavy atom. The van der Waals surface area contributed by atoms with Crippen LogP contribution >= 0.6 is 15.9 Å². The molecule has 0 atom stereocenters. The molecule has 0 saturated carbocycles. The molecule has 0 unspecified atom stereocenters. The van der Waals surface area contributed by atoms with Crippen LogP contribution in [0.4, 0.5) is 5.69 Å². The second kappa shape index (κ2) is 8.92. The van der Waals surface area contributed by atoms with Crippen LogP contribution in [-0.4, -0.2) is 40.8 Å². The van der Waals surface area contributed by atoms with E-state index in [0.717, 1.165) is 16.6 Å². The molecule has 0 aliphatic carbocycles. The second-order valence-corrected chi connectivity index (χ2v) is 8.17. The Morgan fingerprint density at radius 1 is 0.938 bits per heavy atom. The predicted molar refractivity (Wildman–Crippen MR) is 126 cm³/mol. The van der Waals surface area contributed by atoms with Gasteiger partial charge in [0.25, 0.3) is 11.8 Å². The van der Waals surface area contributed by atoms with Crippen molar-refractivity contribution >= 4 is 44.3 Å². The Morgan fingerprint density at radius 2 is 1.66 bits per heavy atom. The molecule has 2 aromatic carbocycles. The van der Waals surface area contributed by atoms with Crippen LogP contribution in [0.15, 0.2) is 69.8 Å². The highest BCUT2D eigenvalue weighted by Crippen LogP contribution is 2.24. The molecule has 4 aromatic rings. The van der Waals surface area contributed by atoms with Gasteiger partial charge in [-0.15, -0.1) is 0 Å². The zero-order valence-electron chi connectivity index (χ0n) is 17.9. The number of aromatic nitrogens is 2. The zero-order chi connectivity index (χ0) is 22.8. The summed E-state index contributed by atoms with van der Waals surface area (Å²) in [7, 11) is 3.30. The van der Waals surface area contributed by atoms with E-state index in [0.29, 0.717) is 21.7 Å². The molecule has 8 heteroatoms. The lowest BCUT2D eigenvalue weighted by Crippen LogP contribution is -2.32. The number of hydrogen-bond acceptors (Lipinski definition) is 5. The largest absolute Gasteiger partial charge is 0.444 e. The molecule has 0 aliphatic heterocycles. The molecule has 4 rings (SSSR count). The van der Waals surface area contributed by atoms with Gasteiger partial charge in [-0.3, -0.25) is 9.59 Å². The number of rotatable bonds is 5. The first-order valence-corrected chi connectivity index (χ1v) is 10.7. The summed E-state index contributed by atoms with van der Waals surface area (Å²) >= 11 is 3.20. The van der Waals surface area contributed by atoms with E-state index in [-0.39, 0.29) is 24.1 Å². The van der Waals surface area contributed by atoms with E-state index in [2.05, 4.69) is 25.9 Å². The smallest absolute Gasteiger partial charge is 0.293 e. The maximum absolute atomic E-state index is 13.3. The van der Waals surface area contributed by atoms with Gasteiger partial charge in [-0.05, 0) is 53.2 Å². The molecule has 2 heterocycles. The van der Waals surface area contributed by atoms with Crippen molar-refractivity contribution in [2.24, 2.45) is 0 Å². The number of para-hydroxylation sites is 2. The molecule has 7 nitrogen and oxygen atoms in total. The minimum absolute atomic E-state index is 0.176. The van der Waals surface area contributed by atoms with Crippen molar-refractivity contribution in [2.45, 2.75) is 13.5 Å². The van der Waals surface area contributed by atoms with Gasteiger partial charge in [0.15, 0.2) is 10.4 Å². The van der Waals surface area contributed by atoms with Crippen molar-refractivity contribution < 1.29 is 14.0 Å². The Labute approximate surface area is 193 Å². The lowest BCUT2D eigenvalue weighted by atomic mass is 10.1. The third-order valence-electron chi connectivity index (χ3n) is 5.15. The summed E-state index contributed by atoms with van der Waals surface area (Å²) in [5.41, 5.74) is 2.58. The van der Waals surface area contributed by atoms with Crippen molar-refractivity contribution in [1.29, 1.82) is 0 Å². The van der Waals surface area contributed by atoms with Gasteiger partial charge in [0, 0.05) is 25.2 Å². The number of amides is 2. The van der Waals surface area contributed by atoms with E-state index >= 15 is 0 Å². The van der Waals surface area contributed by atoms with E-state index < -0.39 is 0 Å². The SMILES string of the molecule is Cc1nc(CN(C)C(=O)c2ccccc2N(C)C(=O)c2ccc(Br)o2)nc2ccccc12. The summed E-state index contributed by atoms with van der Waals surface area (Å²) in [6.45, 7) is 2.17. The first-order valence-electron chi connectivity index (χ1n) is 9.95. The number of nitrogens with zero attached hydrogens (tertiary/aromatic N) is 4. The molecule has 2 amide bonds. The van der Waals surface area contributed by atoms with Gasteiger partial charge in [0.05, 0.1) is 23.3 Å². The maximum atomic E-state index is 13.3. The van der Waals surface area contributed by atoms with E-state index in [4.69, 9.17) is 4.42 Å². The summed E-state index contributed by atoms with van der Waals surface area (Å²) in [6, 6.07) is 18.0. The number of hydrogen-bond donors (Lipinski definition) is 0. The fraction of sp³-hybridized carbons (Fsp3) is 0.167. The number of furan rings is 1. The van der Waals surface area contributed by atoms with E-state index in [1.54, 1.807) is 55.4 Å². The molecular formula is C24H21BrN4O3. The number of anilines is 1. The second-order valence-electron chi connectivity index (χ2n) is 7.39. The number of halogens is 1. The average Bonchev–Trinajstić information content (AvgIpc) is 3.24. The Hall–Kier alpha value is -3.52. The quantitative estimate of drug-likeness (QED) is 0.398. The minimum Gasteiger partial charge on any atom is -0.444 e. The average molecular weight is 493 g/mol. The Balaban J connectivity index is 1.59. The van der Waals surface area contributed by atoms with E-state index in [1.807, 2.05) is 31.2 Å². The molecule has 0 fully saturated rings. The van der Waals surface area contributed by atoms with Crippen LogP contribution in [0.3, 0.4) is 0 Å². The lowest BCUT2D eigenvalue weighted by molar-refractivity contribution is 0.0782. The molecule has 162 valence electrons. The maximum Gasteiger partial charge on any atom is 0.293 e. The minimum atomic E-state index is -0.355. The number of fused-ring (bicyclic) bond motifs is 1. The van der Waals surface area contributed by atoms with Crippen molar-refractivity contribution in [3.8, 4) is 0 Å². The summed E-state index contributed by atoms with van der Waals surface area (Å²) in [5.74, 6) is 0.136. The molecule has 0 radical (unpaired) electrons. The highest BCUT2D eigenvalue weighted by Gasteiger charge is 2.24.